The van der Waals surface area contributed by atoms with Crippen molar-refractivity contribution in [3.05, 3.63) is 12.7 Å². The van der Waals surface area contributed by atoms with E-state index in [4.69, 9.17) is 0 Å². The van der Waals surface area contributed by atoms with Gasteiger partial charge in [-0.15, -0.1) is 0 Å². The molecule has 0 aromatic heterocycles. The van der Waals surface area contributed by atoms with Crippen molar-refractivity contribution in [1.82, 2.24) is 0 Å². The molecule has 2 heteroatoms. The van der Waals surface area contributed by atoms with E-state index in [1.165, 1.54) is 0 Å². The maximum Gasteiger partial charge on any atom is 0.110 e. The molecular weight excluding hydrogens is 88.1 g/mol. The summed E-state index contributed by atoms with van der Waals surface area (Å²) in [5.74, 6) is 0. The first-order chi connectivity index (χ1) is 3.43. The number of rotatable bonds is 1. The summed E-state index contributed by atoms with van der Waals surface area (Å²) < 4.78 is 0. The van der Waals surface area contributed by atoms with E-state index >= 15 is 0 Å². The van der Waals surface area contributed by atoms with E-state index in [1.807, 2.05) is 0 Å². The summed E-state index contributed by atoms with van der Waals surface area (Å²) in [7, 11) is 0. The maximum atomic E-state index is 3.86. The standard InChI is InChI=1S/C5H6N2/c1-2-5-3-6-4-7-5/h2,4H,1,3H2. The Balaban J connectivity index is 2.61. The number of nitrogens with zero attached hydrogens (tertiary/aromatic N) is 2. The third kappa shape index (κ3) is 0.738. The Morgan fingerprint density at radius 1 is 1.86 bits per heavy atom. The molecule has 0 bridgehead atoms. The normalized spacial score (nSPS) is 16.9. The lowest BCUT2D eigenvalue weighted by Gasteiger charge is -1.79. The van der Waals surface area contributed by atoms with Crippen LogP contribution in [0.3, 0.4) is 0 Å². The molecule has 36 valence electrons. The van der Waals surface area contributed by atoms with Crippen molar-refractivity contribution in [2.24, 2.45) is 9.98 Å². The Morgan fingerprint density at radius 3 is 3.00 bits per heavy atom. The maximum absolute atomic E-state index is 3.86. The fraction of sp³-hybridized carbons (Fsp3) is 0.200. The molecule has 0 aliphatic carbocycles. The lowest BCUT2D eigenvalue weighted by molar-refractivity contribution is 1.36. The van der Waals surface area contributed by atoms with Crippen molar-refractivity contribution in [3.63, 3.8) is 0 Å². The van der Waals surface area contributed by atoms with Crippen LogP contribution in [-0.2, 0) is 0 Å². The molecule has 0 N–H and O–H groups in total. The Morgan fingerprint density at radius 2 is 2.71 bits per heavy atom. The second-order valence-corrected chi connectivity index (χ2v) is 1.28. The second kappa shape index (κ2) is 1.69. The van der Waals surface area contributed by atoms with Crippen LogP contribution in [0.4, 0.5) is 0 Å². The van der Waals surface area contributed by atoms with Crippen LogP contribution in [0.25, 0.3) is 0 Å². The first-order valence-electron chi connectivity index (χ1n) is 2.11. The van der Waals surface area contributed by atoms with E-state index in [1.54, 1.807) is 12.4 Å². The van der Waals surface area contributed by atoms with Gasteiger partial charge in [0.05, 0.1) is 12.3 Å². The summed E-state index contributed by atoms with van der Waals surface area (Å²) in [6.07, 6.45) is 3.27. The second-order valence-electron chi connectivity index (χ2n) is 1.28. The molecule has 7 heavy (non-hydrogen) atoms. The first-order valence-corrected chi connectivity index (χ1v) is 2.11. The molecule has 0 saturated carbocycles. The highest BCUT2D eigenvalue weighted by Gasteiger charge is 1.92. The molecule has 0 aromatic rings. The zero-order chi connectivity index (χ0) is 5.11. The van der Waals surface area contributed by atoms with E-state index in [-0.39, 0.29) is 0 Å². The fourth-order valence-corrected chi connectivity index (χ4v) is 0.407. The van der Waals surface area contributed by atoms with Gasteiger partial charge in [0.1, 0.15) is 6.34 Å². The van der Waals surface area contributed by atoms with Crippen LogP contribution >= 0.6 is 0 Å². The molecule has 0 aromatic carbocycles. The van der Waals surface area contributed by atoms with Gasteiger partial charge < -0.3 is 0 Å². The monoisotopic (exact) mass is 94.1 g/mol. The van der Waals surface area contributed by atoms with Crippen LogP contribution in [0.5, 0.6) is 0 Å². The van der Waals surface area contributed by atoms with Gasteiger partial charge in [-0.3, -0.25) is 4.99 Å². The third-order valence-corrected chi connectivity index (χ3v) is 0.794. The SMILES string of the molecule is C=CC1=NC=NC1. The molecule has 0 fully saturated rings. The molecular formula is C5H6N2. The minimum atomic E-state index is 0.712. The Kier molecular flexibility index (Phi) is 1.02. The molecule has 1 heterocycles. The highest BCUT2D eigenvalue weighted by atomic mass is 14.9. The number of aliphatic imine (C=N–C) groups is 2. The van der Waals surface area contributed by atoms with Gasteiger partial charge in [0.25, 0.3) is 0 Å². The molecule has 1 aliphatic rings. The predicted molar refractivity (Wildman–Crippen MR) is 31.0 cm³/mol. The lowest BCUT2D eigenvalue weighted by atomic mass is 10.4. The fourth-order valence-electron chi connectivity index (χ4n) is 0.407. The minimum absolute atomic E-state index is 0.712. The van der Waals surface area contributed by atoms with E-state index in [2.05, 4.69) is 16.6 Å². The molecule has 1 aliphatic heterocycles. The van der Waals surface area contributed by atoms with Gasteiger partial charge in [0.2, 0.25) is 0 Å². The van der Waals surface area contributed by atoms with Crippen LogP contribution in [0.2, 0.25) is 0 Å². The van der Waals surface area contributed by atoms with E-state index in [9.17, 15) is 0 Å². The highest BCUT2D eigenvalue weighted by Crippen LogP contribution is 1.86. The van der Waals surface area contributed by atoms with Crippen molar-refractivity contribution in [1.29, 1.82) is 0 Å². The summed E-state index contributed by atoms with van der Waals surface area (Å²) in [4.78, 5) is 7.70. The molecule has 0 atom stereocenters. The van der Waals surface area contributed by atoms with Crippen molar-refractivity contribution < 1.29 is 0 Å². The molecule has 0 spiro atoms. The predicted octanol–water partition coefficient (Wildman–Crippen LogP) is 0.655. The van der Waals surface area contributed by atoms with Gasteiger partial charge >= 0.3 is 0 Å². The van der Waals surface area contributed by atoms with Gasteiger partial charge in [0.15, 0.2) is 0 Å². The Hall–Kier alpha value is -0.920. The largest absolute Gasteiger partial charge is 0.267 e. The summed E-state index contributed by atoms with van der Waals surface area (Å²) >= 11 is 0. The molecule has 1 rings (SSSR count). The minimum Gasteiger partial charge on any atom is -0.267 e. The smallest absolute Gasteiger partial charge is 0.110 e. The van der Waals surface area contributed by atoms with Crippen LogP contribution in [0.15, 0.2) is 22.6 Å². The number of hydrogen-bond acceptors (Lipinski definition) is 2. The topological polar surface area (TPSA) is 24.7 Å². The zero-order valence-corrected chi connectivity index (χ0v) is 3.96. The summed E-state index contributed by atoms with van der Waals surface area (Å²) in [6, 6.07) is 0. The highest BCUT2D eigenvalue weighted by molar-refractivity contribution is 6.03. The summed E-state index contributed by atoms with van der Waals surface area (Å²) in [5, 5.41) is 0. The van der Waals surface area contributed by atoms with Crippen molar-refractivity contribution in [2.45, 2.75) is 0 Å². The molecule has 0 unspecified atom stereocenters. The summed E-state index contributed by atoms with van der Waals surface area (Å²) in [6.45, 7) is 4.24. The first kappa shape index (κ1) is 4.24. The van der Waals surface area contributed by atoms with Crippen LogP contribution < -0.4 is 0 Å². The lowest BCUT2D eigenvalue weighted by Crippen LogP contribution is -1.90. The molecule has 0 radical (unpaired) electrons. The Labute approximate surface area is 42.3 Å². The average Bonchev–Trinajstić information content (AvgIpc) is 2.14. The van der Waals surface area contributed by atoms with E-state index in [0.717, 1.165) is 5.71 Å². The van der Waals surface area contributed by atoms with Gasteiger partial charge in [-0.05, 0) is 6.08 Å². The Bertz CT molecular complexity index is 133. The van der Waals surface area contributed by atoms with Gasteiger partial charge in [-0.1, -0.05) is 6.58 Å². The number of hydrogen-bond donors (Lipinski definition) is 0. The molecule has 0 amide bonds. The van der Waals surface area contributed by atoms with Gasteiger partial charge in [-0.2, -0.15) is 0 Å². The zero-order valence-electron chi connectivity index (χ0n) is 3.96. The van der Waals surface area contributed by atoms with Crippen molar-refractivity contribution >= 4 is 12.1 Å². The molecule has 0 saturated heterocycles. The third-order valence-electron chi connectivity index (χ3n) is 0.794. The van der Waals surface area contributed by atoms with Crippen LogP contribution in [-0.4, -0.2) is 18.6 Å². The van der Waals surface area contributed by atoms with Crippen LogP contribution in [0, 0.1) is 0 Å². The van der Waals surface area contributed by atoms with E-state index in [0.29, 0.717) is 6.54 Å². The summed E-state index contributed by atoms with van der Waals surface area (Å²) in [5.41, 5.74) is 0.958. The van der Waals surface area contributed by atoms with Crippen molar-refractivity contribution in [3.8, 4) is 0 Å². The van der Waals surface area contributed by atoms with Crippen molar-refractivity contribution in [2.75, 3.05) is 6.54 Å². The quantitative estimate of drug-likeness (QED) is 0.456. The van der Waals surface area contributed by atoms with Gasteiger partial charge in [0, 0.05) is 0 Å². The van der Waals surface area contributed by atoms with Gasteiger partial charge in [-0.25, -0.2) is 4.99 Å². The molecule has 2 nitrogen and oxygen atoms in total. The van der Waals surface area contributed by atoms with Crippen LogP contribution in [0.1, 0.15) is 0 Å². The average molecular weight is 94.1 g/mol. The van der Waals surface area contributed by atoms with E-state index < -0.39 is 0 Å².